The van der Waals surface area contributed by atoms with Crippen LogP contribution in [0.25, 0.3) is 0 Å². The highest BCUT2D eigenvalue weighted by Gasteiger charge is 2.19. The number of ether oxygens (including phenoxy) is 1. The van der Waals surface area contributed by atoms with Crippen LogP contribution in [0.1, 0.15) is 24.5 Å². The third kappa shape index (κ3) is 4.92. The Morgan fingerprint density at radius 3 is 2.62 bits per heavy atom. The number of hydrogen-bond donors (Lipinski definition) is 1. The summed E-state index contributed by atoms with van der Waals surface area (Å²) in [5.41, 5.74) is 2.77. The molecule has 2 aromatic carbocycles. The number of anilines is 1. The summed E-state index contributed by atoms with van der Waals surface area (Å²) in [5, 5.41) is 3.47. The maximum atomic E-state index is 12.6. The van der Waals surface area contributed by atoms with Crippen molar-refractivity contribution in [2.75, 3.05) is 12.4 Å². The van der Waals surface area contributed by atoms with Crippen LogP contribution >= 0.6 is 23.4 Å². The van der Waals surface area contributed by atoms with Gasteiger partial charge in [-0.3, -0.25) is 4.79 Å². The van der Waals surface area contributed by atoms with Crippen molar-refractivity contribution in [3.63, 3.8) is 0 Å². The second-order valence-electron chi connectivity index (χ2n) is 5.48. The van der Waals surface area contributed by atoms with Crippen molar-refractivity contribution in [3.05, 3.63) is 58.6 Å². The molecule has 2 rings (SSSR count). The molecule has 0 heterocycles. The number of carbonyl (C=O) groups is 1. The summed E-state index contributed by atoms with van der Waals surface area (Å²) in [4.78, 5) is 12.6. The Balaban J connectivity index is 2.05. The van der Waals surface area contributed by atoms with Gasteiger partial charge in [-0.1, -0.05) is 48.9 Å². The molecule has 0 aliphatic carbocycles. The SMILES string of the molecule is CCC(SCc1ccccc1)C(=O)Nc1cc(C)c(Cl)cc1OC. The van der Waals surface area contributed by atoms with Gasteiger partial charge in [-0.25, -0.2) is 0 Å². The fourth-order valence-electron chi connectivity index (χ4n) is 2.29. The Morgan fingerprint density at radius 1 is 1.29 bits per heavy atom. The lowest BCUT2D eigenvalue weighted by molar-refractivity contribution is -0.115. The molecule has 0 spiro atoms. The van der Waals surface area contributed by atoms with Crippen LogP contribution in [0.15, 0.2) is 42.5 Å². The molecule has 3 nitrogen and oxygen atoms in total. The van der Waals surface area contributed by atoms with Crippen molar-refractivity contribution in [2.45, 2.75) is 31.3 Å². The molecule has 0 aromatic heterocycles. The van der Waals surface area contributed by atoms with E-state index in [1.807, 2.05) is 38.1 Å². The Labute approximate surface area is 152 Å². The molecule has 5 heteroatoms. The molecule has 0 radical (unpaired) electrons. The van der Waals surface area contributed by atoms with Crippen molar-refractivity contribution >= 4 is 35.0 Å². The summed E-state index contributed by atoms with van der Waals surface area (Å²) in [6, 6.07) is 13.7. The Bertz CT molecular complexity index is 691. The van der Waals surface area contributed by atoms with E-state index in [2.05, 4.69) is 17.4 Å². The average molecular weight is 364 g/mol. The molecule has 0 saturated heterocycles. The van der Waals surface area contributed by atoms with E-state index in [0.29, 0.717) is 16.5 Å². The first-order valence-electron chi connectivity index (χ1n) is 7.85. The van der Waals surface area contributed by atoms with E-state index in [4.69, 9.17) is 16.3 Å². The third-order valence-electron chi connectivity index (χ3n) is 3.70. The van der Waals surface area contributed by atoms with Gasteiger partial charge in [-0.2, -0.15) is 0 Å². The lowest BCUT2D eigenvalue weighted by Gasteiger charge is -2.17. The molecular formula is C19H22ClNO2S. The fourth-order valence-corrected chi connectivity index (χ4v) is 3.48. The molecule has 0 bridgehead atoms. The van der Waals surface area contributed by atoms with Gasteiger partial charge in [0.2, 0.25) is 5.91 Å². The smallest absolute Gasteiger partial charge is 0.237 e. The van der Waals surface area contributed by atoms with Crippen molar-refractivity contribution in [1.82, 2.24) is 0 Å². The minimum absolute atomic E-state index is 0.0153. The highest BCUT2D eigenvalue weighted by atomic mass is 35.5. The molecule has 128 valence electrons. The minimum atomic E-state index is -0.120. The minimum Gasteiger partial charge on any atom is -0.495 e. The molecule has 0 aliphatic heterocycles. The number of aryl methyl sites for hydroxylation is 1. The zero-order chi connectivity index (χ0) is 17.5. The summed E-state index contributed by atoms with van der Waals surface area (Å²) in [6.07, 6.45) is 0.762. The quantitative estimate of drug-likeness (QED) is 0.724. The van der Waals surface area contributed by atoms with Gasteiger partial charge in [0.25, 0.3) is 0 Å². The van der Waals surface area contributed by atoms with Crippen LogP contribution < -0.4 is 10.1 Å². The van der Waals surface area contributed by atoms with E-state index in [9.17, 15) is 4.79 Å². The molecule has 1 atom stereocenters. The van der Waals surface area contributed by atoms with E-state index in [1.165, 1.54) is 5.56 Å². The first kappa shape index (κ1) is 18.7. The van der Waals surface area contributed by atoms with Crippen molar-refractivity contribution in [2.24, 2.45) is 0 Å². The monoisotopic (exact) mass is 363 g/mol. The van der Waals surface area contributed by atoms with Gasteiger partial charge in [0.1, 0.15) is 5.75 Å². The molecule has 1 amide bonds. The maximum Gasteiger partial charge on any atom is 0.237 e. The highest BCUT2D eigenvalue weighted by Crippen LogP contribution is 2.32. The predicted octanol–water partition coefficient (Wildman–Crippen LogP) is 5.31. The predicted molar refractivity (Wildman–Crippen MR) is 103 cm³/mol. The lowest BCUT2D eigenvalue weighted by atomic mass is 10.2. The van der Waals surface area contributed by atoms with Crippen LogP contribution in [0, 0.1) is 6.92 Å². The second-order valence-corrected chi connectivity index (χ2v) is 7.08. The summed E-state index contributed by atoms with van der Waals surface area (Å²) in [7, 11) is 1.57. The summed E-state index contributed by atoms with van der Waals surface area (Å²) in [5.74, 6) is 1.36. The van der Waals surface area contributed by atoms with Gasteiger partial charge >= 0.3 is 0 Å². The second kappa shape index (κ2) is 9.00. The van der Waals surface area contributed by atoms with Crippen LogP contribution in [0.4, 0.5) is 5.69 Å². The zero-order valence-electron chi connectivity index (χ0n) is 14.1. The molecule has 1 unspecified atom stereocenters. The average Bonchev–Trinajstić information content (AvgIpc) is 2.59. The van der Waals surface area contributed by atoms with Gasteiger partial charge in [0.05, 0.1) is 18.0 Å². The van der Waals surface area contributed by atoms with Crippen LogP contribution in [-0.4, -0.2) is 18.3 Å². The number of carbonyl (C=O) groups excluding carboxylic acids is 1. The summed E-state index contributed by atoms with van der Waals surface area (Å²) in [6.45, 7) is 3.92. The van der Waals surface area contributed by atoms with Gasteiger partial charge in [0.15, 0.2) is 0 Å². The third-order valence-corrected chi connectivity index (χ3v) is 5.55. The normalized spacial score (nSPS) is 11.8. The molecule has 0 fully saturated rings. The zero-order valence-corrected chi connectivity index (χ0v) is 15.7. The van der Waals surface area contributed by atoms with Gasteiger partial charge < -0.3 is 10.1 Å². The standard InChI is InChI=1S/C19H22ClNO2S/c1-4-18(24-12-14-8-6-5-7-9-14)19(22)21-16-10-13(2)15(20)11-17(16)23-3/h5-11,18H,4,12H2,1-3H3,(H,21,22). The number of rotatable bonds is 7. The molecule has 0 aliphatic rings. The number of thioether (sulfide) groups is 1. The van der Waals surface area contributed by atoms with E-state index in [0.717, 1.165) is 17.7 Å². The van der Waals surface area contributed by atoms with Crippen molar-refractivity contribution in [3.8, 4) is 5.75 Å². The van der Waals surface area contributed by atoms with E-state index < -0.39 is 0 Å². The lowest BCUT2D eigenvalue weighted by Crippen LogP contribution is -2.25. The molecule has 0 saturated carbocycles. The van der Waals surface area contributed by atoms with Crippen molar-refractivity contribution < 1.29 is 9.53 Å². The summed E-state index contributed by atoms with van der Waals surface area (Å²) < 4.78 is 5.32. The Morgan fingerprint density at radius 2 is 2.00 bits per heavy atom. The molecule has 1 N–H and O–H groups in total. The summed E-state index contributed by atoms with van der Waals surface area (Å²) >= 11 is 7.76. The van der Waals surface area contributed by atoms with Crippen LogP contribution in [0.2, 0.25) is 5.02 Å². The molecular weight excluding hydrogens is 342 g/mol. The van der Waals surface area contributed by atoms with Gasteiger partial charge in [-0.15, -0.1) is 11.8 Å². The number of nitrogens with one attached hydrogen (secondary N) is 1. The first-order valence-corrected chi connectivity index (χ1v) is 9.28. The number of benzene rings is 2. The Kier molecular flexibility index (Phi) is 7.00. The Hall–Kier alpha value is -1.65. The molecule has 24 heavy (non-hydrogen) atoms. The highest BCUT2D eigenvalue weighted by molar-refractivity contribution is 7.99. The number of hydrogen-bond acceptors (Lipinski definition) is 3. The number of halogens is 1. The first-order chi connectivity index (χ1) is 11.5. The van der Waals surface area contributed by atoms with E-state index in [-0.39, 0.29) is 11.2 Å². The topological polar surface area (TPSA) is 38.3 Å². The maximum absolute atomic E-state index is 12.6. The number of methoxy groups -OCH3 is 1. The van der Waals surface area contributed by atoms with Crippen LogP contribution in [0.3, 0.4) is 0 Å². The van der Waals surface area contributed by atoms with Gasteiger partial charge in [-0.05, 0) is 30.5 Å². The van der Waals surface area contributed by atoms with E-state index in [1.54, 1.807) is 24.9 Å². The molecule has 2 aromatic rings. The van der Waals surface area contributed by atoms with Gasteiger partial charge in [0, 0.05) is 16.8 Å². The number of amides is 1. The fraction of sp³-hybridized carbons (Fsp3) is 0.316. The van der Waals surface area contributed by atoms with E-state index >= 15 is 0 Å². The largest absolute Gasteiger partial charge is 0.495 e. The van der Waals surface area contributed by atoms with Crippen LogP contribution in [-0.2, 0) is 10.5 Å². The van der Waals surface area contributed by atoms with Crippen LogP contribution in [0.5, 0.6) is 5.75 Å². The van der Waals surface area contributed by atoms with Crippen molar-refractivity contribution in [1.29, 1.82) is 0 Å².